The highest BCUT2D eigenvalue weighted by Gasteiger charge is 2.45. The summed E-state index contributed by atoms with van der Waals surface area (Å²) < 4.78 is 27.3. The van der Waals surface area contributed by atoms with E-state index in [1.54, 1.807) is 0 Å². The molecular weight excluding hydrogens is 351 g/mol. The van der Waals surface area contributed by atoms with Crippen molar-refractivity contribution in [3.63, 3.8) is 0 Å². The van der Waals surface area contributed by atoms with Crippen LogP contribution in [0, 0.1) is 3.57 Å². The van der Waals surface area contributed by atoms with E-state index in [1.807, 2.05) is 24.3 Å². The third-order valence-electron chi connectivity index (χ3n) is 3.63. The molecule has 0 radical (unpaired) electrons. The van der Waals surface area contributed by atoms with Crippen LogP contribution in [0.5, 0.6) is 0 Å². The van der Waals surface area contributed by atoms with Crippen LogP contribution in [0.2, 0.25) is 0 Å². The molecule has 0 heterocycles. The second-order valence-electron chi connectivity index (χ2n) is 4.99. The third-order valence-corrected chi connectivity index (χ3v) is 4.31. The largest absolute Gasteiger partial charge is 0.388 e. The number of rotatable bonds is 2. The average molecular weight is 367 g/mol. The molecule has 1 aliphatic rings. The number of nitrogens with two attached hydrogens (primary N) is 1. The van der Waals surface area contributed by atoms with Gasteiger partial charge in [-0.25, -0.2) is 8.78 Å². The highest BCUT2D eigenvalue weighted by atomic mass is 127. The zero-order chi connectivity index (χ0) is 13.4. The molecule has 0 aliphatic heterocycles. The minimum atomic E-state index is -2.66. The zero-order valence-electron chi connectivity index (χ0n) is 9.87. The zero-order valence-corrected chi connectivity index (χ0v) is 12.0. The Hall–Kier alpha value is -0.270. The fourth-order valence-electron chi connectivity index (χ4n) is 2.37. The van der Waals surface area contributed by atoms with E-state index in [9.17, 15) is 13.9 Å². The van der Waals surface area contributed by atoms with Gasteiger partial charge in [-0.15, -0.1) is 0 Å². The smallest absolute Gasteiger partial charge is 0.248 e. The van der Waals surface area contributed by atoms with E-state index in [1.165, 1.54) is 0 Å². The van der Waals surface area contributed by atoms with Crippen LogP contribution in [0.25, 0.3) is 0 Å². The molecule has 0 spiro atoms. The van der Waals surface area contributed by atoms with E-state index in [0.29, 0.717) is 0 Å². The van der Waals surface area contributed by atoms with Crippen LogP contribution in [0.3, 0.4) is 0 Å². The minimum Gasteiger partial charge on any atom is -0.388 e. The highest BCUT2D eigenvalue weighted by molar-refractivity contribution is 14.1. The maximum Gasteiger partial charge on any atom is 0.248 e. The molecule has 0 aromatic heterocycles. The van der Waals surface area contributed by atoms with Crippen LogP contribution in [0.15, 0.2) is 24.3 Å². The topological polar surface area (TPSA) is 46.2 Å². The fraction of sp³-hybridized carbons (Fsp3) is 0.538. The third kappa shape index (κ3) is 3.00. The van der Waals surface area contributed by atoms with Gasteiger partial charge in [-0.05, 0) is 53.1 Å². The molecule has 0 saturated heterocycles. The van der Waals surface area contributed by atoms with E-state index >= 15 is 0 Å². The molecule has 2 nitrogen and oxygen atoms in total. The molecule has 5 heteroatoms. The molecule has 100 valence electrons. The van der Waals surface area contributed by atoms with E-state index in [0.717, 1.165) is 9.13 Å². The molecule has 1 atom stereocenters. The van der Waals surface area contributed by atoms with Crippen molar-refractivity contribution < 1.29 is 13.9 Å². The highest BCUT2D eigenvalue weighted by Crippen LogP contribution is 2.43. The standard InChI is InChI=1S/C13H16F2INO/c14-13(15)6-4-12(18,5-7-13)11(17)9-2-1-3-10(16)8-9/h1-3,8,11,18H,4-7,17H2. The van der Waals surface area contributed by atoms with Gasteiger partial charge < -0.3 is 10.8 Å². The quantitative estimate of drug-likeness (QED) is 0.789. The lowest BCUT2D eigenvalue weighted by atomic mass is 9.76. The predicted octanol–water partition coefficient (Wildman–Crippen LogP) is 3.23. The summed E-state index contributed by atoms with van der Waals surface area (Å²) in [5.41, 5.74) is 5.65. The first-order valence-corrected chi connectivity index (χ1v) is 7.02. The molecule has 18 heavy (non-hydrogen) atoms. The van der Waals surface area contributed by atoms with Crippen molar-refractivity contribution >= 4 is 22.6 Å². The van der Waals surface area contributed by atoms with Crippen molar-refractivity contribution in [2.75, 3.05) is 0 Å². The molecule has 1 saturated carbocycles. The van der Waals surface area contributed by atoms with Crippen molar-refractivity contribution in [2.24, 2.45) is 5.73 Å². The van der Waals surface area contributed by atoms with Crippen molar-refractivity contribution in [1.29, 1.82) is 0 Å². The summed E-state index contributed by atoms with van der Waals surface area (Å²) in [6.07, 6.45) is -0.485. The summed E-state index contributed by atoms with van der Waals surface area (Å²) in [5, 5.41) is 10.5. The van der Waals surface area contributed by atoms with Crippen LogP contribution >= 0.6 is 22.6 Å². The molecule has 1 aromatic carbocycles. The molecular formula is C13H16F2INO. The van der Waals surface area contributed by atoms with Gasteiger partial charge in [0.05, 0.1) is 11.6 Å². The number of alkyl halides is 2. The SMILES string of the molecule is NC(c1cccc(I)c1)C1(O)CCC(F)(F)CC1. The van der Waals surface area contributed by atoms with Gasteiger partial charge >= 0.3 is 0 Å². The van der Waals surface area contributed by atoms with Crippen molar-refractivity contribution in [2.45, 2.75) is 43.2 Å². The van der Waals surface area contributed by atoms with Crippen LogP contribution in [-0.2, 0) is 0 Å². The number of benzene rings is 1. The van der Waals surface area contributed by atoms with Crippen LogP contribution < -0.4 is 5.73 Å². The van der Waals surface area contributed by atoms with Crippen molar-refractivity contribution in [3.05, 3.63) is 33.4 Å². The molecule has 3 N–H and O–H groups in total. The Kier molecular flexibility index (Phi) is 3.94. The molecule has 1 unspecified atom stereocenters. The predicted molar refractivity (Wildman–Crippen MR) is 74.5 cm³/mol. The Morgan fingerprint density at radius 3 is 2.39 bits per heavy atom. The van der Waals surface area contributed by atoms with Gasteiger partial charge in [-0.2, -0.15) is 0 Å². The first kappa shape index (κ1) is 14.1. The lowest BCUT2D eigenvalue weighted by Crippen LogP contribution is -2.46. The van der Waals surface area contributed by atoms with Gasteiger partial charge in [0.2, 0.25) is 5.92 Å². The molecule has 1 aromatic rings. The van der Waals surface area contributed by atoms with Gasteiger partial charge in [-0.1, -0.05) is 12.1 Å². The Labute approximate surface area is 119 Å². The Balaban J connectivity index is 2.16. The van der Waals surface area contributed by atoms with E-state index < -0.39 is 17.6 Å². The summed E-state index contributed by atoms with van der Waals surface area (Å²) in [4.78, 5) is 0. The van der Waals surface area contributed by atoms with Gasteiger partial charge in [0.25, 0.3) is 0 Å². The second kappa shape index (κ2) is 5.02. The van der Waals surface area contributed by atoms with Gasteiger partial charge in [0.1, 0.15) is 0 Å². The number of hydrogen-bond acceptors (Lipinski definition) is 2. The summed E-state index contributed by atoms with van der Waals surface area (Å²) in [5.74, 6) is -2.66. The maximum atomic E-state index is 13.1. The van der Waals surface area contributed by atoms with Gasteiger partial charge in [0.15, 0.2) is 0 Å². The van der Waals surface area contributed by atoms with Crippen LogP contribution in [0.4, 0.5) is 8.78 Å². The van der Waals surface area contributed by atoms with Crippen LogP contribution in [-0.4, -0.2) is 16.6 Å². The summed E-state index contributed by atoms with van der Waals surface area (Å²) in [6, 6.07) is 6.89. The van der Waals surface area contributed by atoms with E-state index in [4.69, 9.17) is 5.73 Å². The maximum absolute atomic E-state index is 13.1. The number of hydrogen-bond donors (Lipinski definition) is 2. The molecule has 0 amide bonds. The Morgan fingerprint density at radius 1 is 1.22 bits per heavy atom. The van der Waals surface area contributed by atoms with E-state index in [2.05, 4.69) is 22.6 Å². The van der Waals surface area contributed by atoms with Gasteiger partial charge in [0, 0.05) is 16.4 Å². The van der Waals surface area contributed by atoms with Gasteiger partial charge in [-0.3, -0.25) is 0 Å². The summed E-state index contributed by atoms with van der Waals surface area (Å²) in [7, 11) is 0. The van der Waals surface area contributed by atoms with Crippen LogP contribution in [0.1, 0.15) is 37.3 Å². The second-order valence-corrected chi connectivity index (χ2v) is 6.24. The van der Waals surface area contributed by atoms with Crippen molar-refractivity contribution in [3.8, 4) is 0 Å². The first-order chi connectivity index (χ1) is 8.32. The molecule has 1 aliphatic carbocycles. The number of aliphatic hydroxyl groups is 1. The molecule has 1 fully saturated rings. The lowest BCUT2D eigenvalue weighted by Gasteiger charge is -2.40. The minimum absolute atomic E-state index is 0.0483. The fourth-order valence-corrected chi connectivity index (χ4v) is 2.94. The average Bonchev–Trinajstić information content (AvgIpc) is 2.32. The van der Waals surface area contributed by atoms with E-state index in [-0.39, 0.29) is 25.7 Å². The first-order valence-electron chi connectivity index (χ1n) is 5.94. The molecule has 2 rings (SSSR count). The molecule has 0 bridgehead atoms. The number of halogens is 3. The normalized spacial score (nSPS) is 23.6. The Morgan fingerprint density at radius 2 is 1.83 bits per heavy atom. The monoisotopic (exact) mass is 367 g/mol. The van der Waals surface area contributed by atoms with Crippen molar-refractivity contribution in [1.82, 2.24) is 0 Å². The Bertz CT molecular complexity index is 429. The summed E-state index contributed by atoms with van der Waals surface area (Å²) >= 11 is 2.16. The lowest BCUT2D eigenvalue weighted by molar-refractivity contribution is -0.113. The summed E-state index contributed by atoms with van der Waals surface area (Å²) in [6.45, 7) is 0.